The predicted octanol–water partition coefficient (Wildman–Crippen LogP) is 1.16. The van der Waals surface area contributed by atoms with Gasteiger partial charge in [0, 0.05) is 19.6 Å². The van der Waals surface area contributed by atoms with E-state index in [0.717, 1.165) is 31.8 Å². The van der Waals surface area contributed by atoms with E-state index in [1.165, 1.54) is 6.42 Å². The van der Waals surface area contributed by atoms with Crippen LogP contribution in [0.5, 0.6) is 0 Å². The van der Waals surface area contributed by atoms with Crippen molar-refractivity contribution in [2.45, 2.75) is 32.1 Å². The monoisotopic (exact) mass is 320 g/mol. The van der Waals surface area contributed by atoms with Crippen molar-refractivity contribution in [2.75, 3.05) is 26.2 Å². The molecule has 0 saturated carbocycles. The third kappa shape index (κ3) is 5.16. The average molecular weight is 320 g/mol. The largest absolute Gasteiger partial charge is 0.467 e. The Kier molecular flexibility index (Phi) is 5.79. The molecule has 1 aliphatic heterocycles. The maximum atomic E-state index is 10.1. The average Bonchev–Trinajstić information content (AvgIpc) is 3.21. The zero-order valence-electron chi connectivity index (χ0n) is 13.3. The van der Waals surface area contributed by atoms with Crippen molar-refractivity contribution in [2.24, 2.45) is 5.92 Å². The number of piperidine rings is 1. The second-order valence-electron chi connectivity index (χ2n) is 6.13. The van der Waals surface area contributed by atoms with E-state index in [9.17, 15) is 5.11 Å². The van der Waals surface area contributed by atoms with Gasteiger partial charge < -0.3 is 19.2 Å². The number of aliphatic hydroxyl groups is 1. The minimum atomic E-state index is -0.477. The maximum Gasteiger partial charge on any atom is 0.137 e. The van der Waals surface area contributed by atoms with Gasteiger partial charge in [0.2, 0.25) is 0 Å². The Morgan fingerprint density at radius 3 is 3.22 bits per heavy atom. The molecule has 1 aliphatic rings. The SMILES string of the molecule is O[C@H](COCc1ccco1)CN1CCC[C@@H](Cn2cncn2)C1. The van der Waals surface area contributed by atoms with Crippen molar-refractivity contribution >= 4 is 0 Å². The summed E-state index contributed by atoms with van der Waals surface area (Å²) in [6.45, 7) is 4.27. The van der Waals surface area contributed by atoms with E-state index in [0.29, 0.717) is 25.7 Å². The van der Waals surface area contributed by atoms with Gasteiger partial charge in [-0.3, -0.25) is 4.68 Å². The number of β-amino-alcohol motifs (C(OH)–C–C–N with tert-alkyl or cyclic N) is 1. The number of nitrogens with zero attached hydrogens (tertiary/aromatic N) is 4. The molecule has 0 amide bonds. The Morgan fingerprint density at radius 1 is 1.48 bits per heavy atom. The molecule has 2 atom stereocenters. The lowest BCUT2D eigenvalue weighted by Crippen LogP contribution is -2.42. The molecule has 0 aromatic carbocycles. The summed E-state index contributed by atoms with van der Waals surface area (Å²) in [4.78, 5) is 6.30. The van der Waals surface area contributed by atoms with Gasteiger partial charge in [-0.2, -0.15) is 5.10 Å². The second-order valence-corrected chi connectivity index (χ2v) is 6.13. The minimum absolute atomic E-state index is 0.324. The number of furan rings is 1. The Balaban J connectivity index is 1.36. The zero-order chi connectivity index (χ0) is 15.9. The molecule has 3 rings (SSSR count). The van der Waals surface area contributed by atoms with Crippen molar-refractivity contribution in [3.05, 3.63) is 36.8 Å². The molecule has 3 heterocycles. The second kappa shape index (κ2) is 8.24. The first-order valence-electron chi connectivity index (χ1n) is 8.12. The zero-order valence-corrected chi connectivity index (χ0v) is 13.3. The summed E-state index contributed by atoms with van der Waals surface area (Å²) < 4.78 is 12.6. The standard InChI is InChI=1S/C16H24N4O3/c21-15(10-22-11-16-4-2-6-23-16)9-19-5-1-3-14(7-19)8-20-13-17-12-18-20/h2,4,6,12-15,21H,1,3,5,7-11H2/t14-,15+/m1/s1. The lowest BCUT2D eigenvalue weighted by Gasteiger charge is -2.33. The van der Waals surface area contributed by atoms with Crippen LogP contribution in [0.2, 0.25) is 0 Å². The maximum absolute atomic E-state index is 10.1. The van der Waals surface area contributed by atoms with Gasteiger partial charge >= 0.3 is 0 Å². The van der Waals surface area contributed by atoms with Crippen LogP contribution in [0.25, 0.3) is 0 Å². The number of rotatable bonds is 8. The number of likely N-dealkylation sites (tertiary alicyclic amines) is 1. The summed E-state index contributed by atoms with van der Waals surface area (Å²) in [7, 11) is 0. The van der Waals surface area contributed by atoms with Gasteiger partial charge in [0.25, 0.3) is 0 Å². The molecule has 0 spiro atoms. The lowest BCUT2D eigenvalue weighted by atomic mass is 9.98. The molecule has 7 heteroatoms. The van der Waals surface area contributed by atoms with Crippen molar-refractivity contribution in [3.8, 4) is 0 Å². The topological polar surface area (TPSA) is 76.6 Å². The smallest absolute Gasteiger partial charge is 0.137 e. The summed E-state index contributed by atoms with van der Waals surface area (Å²) in [5.41, 5.74) is 0. The molecule has 1 saturated heterocycles. The van der Waals surface area contributed by atoms with E-state index in [2.05, 4.69) is 15.0 Å². The molecule has 0 aliphatic carbocycles. The van der Waals surface area contributed by atoms with Gasteiger partial charge in [0.1, 0.15) is 25.0 Å². The van der Waals surface area contributed by atoms with Gasteiger partial charge in [-0.25, -0.2) is 4.98 Å². The molecule has 0 radical (unpaired) electrons. The summed E-state index contributed by atoms with van der Waals surface area (Å²) in [5, 5.41) is 14.3. The number of ether oxygens (including phenoxy) is 1. The summed E-state index contributed by atoms with van der Waals surface area (Å²) in [6, 6.07) is 3.70. The molecule has 2 aromatic heterocycles. The molecule has 23 heavy (non-hydrogen) atoms. The number of aromatic nitrogens is 3. The van der Waals surface area contributed by atoms with Crippen LogP contribution in [0, 0.1) is 5.92 Å². The Hall–Kier alpha value is -1.70. The minimum Gasteiger partial charge on any atom is -0.467 e. The third-order valence-electron chi connectivity index (χ3n) is 4.12. The third-order valence-corrected chi connectivity index (χ3v) is 4.12. The summed E-state index contributed by atoms with van der Waals surface area (Å²) >= 11 is 0. The Labute approximate surface area is 135 Å². The molecule has 7 nitrogen and oxygen atoms in total. The van der Waals surface area contributed by atoms with Crippen LogP contribution < -0.4 is 0 Å². The summed E-state index contributed by atoms with van der Waals surface area (Å²) in [5.74, 6) is 1.34. The quantitative estimate of drug-likeness (QED) is 0.786. The molecular weight excluding hydrogens is 296 g/mol. The first-order valence-corrected chi connectivity index (χ1v) is 8.12. The predicted molar refractivity (Wildman–Crippen MR) is 83.6 cm³/mol. The van der Waals surface area contributed by atoms with Crippen LogP contribution in [0.1, 0.15) is 18.6 Å². The van der Waals surface area contributed by atoms with Gasteiger partial charge in [0.15, 0.2) is 0 Å². The highest BCUT2D eigenvalue weighted by molar-refractivity contribution is 4.96. The molecule has 2 aromatic rings. The van der Waals surface area contributed by atoms with E-state index < -0.39 is 6.10 Å². The normalized spacial score (nSPS) is 20.7. The number of hydrogen-bond acceptors (Lipinski definition) is 6. The molecular formula is C16H24N4O3. The fourth-order valence-corrected chi connectivity index (χ4v) is 3.10. The fraction of sp³-hybridized carbons (Fsp3) is 0.625. The lowest BCUT2D eigenvalue weighted by molar-refractivity contribution is -0.00198. The van der Waals surface area contributed by atoms with Crippen LogP contribution in [0.4, 0.5) is 0 Å². The first kappa shape index (κ1) is 16.2. The molecule has 0 bridgehead atoms. The van der Waals surface area contributed by atoms with Crippen LogP contribution >= 0.6 is 0 Å². The van der Waals surface area contributed by atoms with E-state index in [1.807, 2.05) is 16.8 Å². The summed E-state index contributed by atoms with van der Waals surface area (Å²) in [6.07, 6.45) is 6.82. The first-order chi connectivity index (χ1) is 11.3. The highest BCUT2D eigenvalue weighted by Crippen LogP contribution is 2.18. The molecule has 0 unspecified atom stereocenters. The van der Waals surface area contributed by atoms with Crippen molar-refractivity contribution in [1.82, 2.24) is 19.7 Å². The van der Waals surface area contributed by atoms with Crippen molar-refractivity contribution in [3.63, 3.8) is 0 Å². The van der Waals surface area contributed by atoms with E-state index in [4.69, 9.17) is 9.15 Å². The van der Waals surface area contributed by atoms with E-state index in [1.54, 1.807) is 18.9 Å². The Bertz CT molecular complexity index is 544. The highest BCUT2D eigenvalue weighted by atomic mass is 16.5. The van der Waals surface area contributed by atoms with Crippen molar-refractivity contribution < 1.29 is 14.3 Å². The Morgan fingerprint density at radius 2 is 2.43 bits per heavy atom. The van der Waals surface area contributed by atoms with Gasteiger partial charge in [0.05, 0.1) is 19.0 Å². The van der Waals surface area contributed by atoms with Crippen LogP contribution in [0.15, 0.2) is 35.5 Å². The van der Waals surface area contributed by atoms with Gasteiger partial charge in [-0.1, -0.05) is 0 Å². The molecule has 1 N–H and O–H groups in total. The van der Waals surface area contributed by atoms with Gasteiger partial charge in [-0.05, 0) is 37.4 Å². The highest BCUT2D eigenvalue weighted by Gasteiger charge is 2.22. The van der Waals surface area contributed by atoms with E-state index >= 15 is 0 Å². The molecule has 1 fully saturated rings. The fourth-order valence-electron chi connectivity index (χ4n) is 3.10. The van der Waals surface area contributed by atoms with E-state index in [-0.39, 0.29) is 0 Å². The van der Waals surface area contributed by atoms with Crippen LogP contribution in [0.3, 0.4) is 0 Å². The van der Waals surface area contributed by atoms with Crippen LogP contribution in [-0.4, -0.2) is 57.1 Å². The molecule has 126 valence electrons. The van der Waals surface area contributed by atoms with Crippen LogP contribution in [-0.2, 0) is 17.9 Å². The number of hydrogen-bond donors (Lipinski definition) is 1. The number of aliphatic hydroxyl groups excluding tert-OH is 1. The van der Waals surface area contributed by atoms with Gasteiger partial charge in [-0.15, -0.1) is 0 Å². The van der Waals surface area contributed by atoms with Crippen molar-refractivity contribution in [1.29, 1.82) is 0 Å².